The van der Waals surface area contributed by atoms with Crippen molar-refractivity contribution in [1.29, 1.82) is 0 Å². The van der Waals surface area contributed by atoms with Crippen LogP contribution < -0.4 is 15.0 Å². The van der Waals surface area contributed by atoms with Crippen LogP contribution >= 0.6 is 43.5 Å². The third-order valence-electron chi connectivity index (χ3n) is 4.94. The molecule has 3 rings (SSSR count). The summed E-state index contributed by atoms with van der Waals surface area (Å²) in [6, 6.07) is 7.25. The summed E-state index contributed by atoms with van der Waals surface area (Å²) in [5.41, 5.74) is 1.06. The highest BCUT2D eigenvalue weighted by Gasteiger charge is 2.18. The number of ether oxygens (including phenoxy) is 2. The molecule has 3 aromatic rings. The molecule has 1 aromatic heterocycles. The molecule has 0 radical (unpaired) electrons. The van der Waals surface area contributed by atoms with Crippen LogP contribution in [0.15, 0.2) is 43.1 Å². The maximum Gasteiger partial charge on any atom is 0.282 e. The minimum absolute atomic E-state index is 0.0410. The molecule has 170 valence electrons. The SMILES string of the molecule is CCOc1cc(C=Nn2c([C@@H](C)CC)nc3ccc(Br)cc3c2=O)c(Br)c(Cl)c1OCC. The van der Waals surface area contributed by atoms with E-state index in [9.17, 15) is 4.79 Å². The van der Waals surface area contributed by atoms with Crippen LogP contribution in [0.25, 0.3) is 10.9 Å². The molecule has 0 spiro atoms. The first-order valence-electron chi connectivity index (χ1n) is 10.4. The Kier molecular flexibility index (Phi) is 8.36. The van der Waals surface area contributed by atoms with E-state index in [1.807, 2.05) is 39.8 Å². The lowest BCUT2D eigenvalue weighted by Crippen LogP contribution is -2.23. The van der Waals surface area contributed by atoms with Crippen molar-refractivity contribution in [2.24, 2.45) is 5.10 Å². The van der Waals surface area contributed by atoms with Crippen LogP contribution in [0.1, 0.15) is 51.4 Å². The summed E-state index contributed by atoms with van der Waals surface area (Å²) in [5, 5.41) is 5.39. The summed E-state index contributed by atoms with van der Waals surface area (Å²) in [7, 11) is 0. The largest absolute Gasteiger partial charge is 0.490 e. The van der Waals surface area contributed by atoms with Crippen LogP contribution in [-0.4, -0.2) is 29.1 Å². The zero-order valence-electron chi connectivity index (χ0n) is 18.3. The van der Waals surface area contributed by atoms with E-state index in [0.717, 1.165) is 10.9 Å². The number of halogens is 3. The molecule has 0 amide bonds. The Hall–Kier alpha value is -1.90. The van der Waals surface area contributed by atoms with Gasteiger partial charge in [0.15, 0.2) is 11.5 Å². The quantitative estimate of drug-likeness (QED) is 0.274. The average Bonchev–Trinajstić information content (AvgIpc) is 2.78. The number of nitrogens with zero attached hydrogens (tertiary/aromatic N) is 3. The molecule has 0 aliphatic carbocycles. The van der Waals surface area contributed by atoms with Gasteiger partial charge < -0.3 is 9.47 Å². The zero-order chi connectivity index (χ0) is 23.4. The highest BCUT2D eigenvalue weighted by Crippen LogP contribution is 2.42. The Balaban J connectivity index is 2.19. The lowest BCUT2D eigenvalue weighted by atomic mass is 10.1. The van der Waals surface area contributed by atoms with Crippen LogP contribution in [0.4, 0.5) is 0 Å². The monoisotopic (exact) mass is 583 g/mol. The minimum atomic E-state index is -0.235. The summed E-state index contributed by atoms with van der Waals surface area (Å²) >= 11 is 13.5. The van der Waals surface area contributed by atoms with Crippen LogP contribution in [0.2, 0.25) is 5.02 Å². The first kappa shape index (κ1) is 24.7. The predicted octanol–water partition coefficient (Wildman–Crippen LogP) is 6.77. The van der Waals surface area contributed by atoms with Gasteiger partial charge in [0, 0.05) is 20.4 Å². The molecule has 0 fully saturated rings. The Morgan fingerprint density at radius 1 is 1.19 bits per heavy atom. The minimum Gasteiger partial charge on any atom is -0.490 e. The van der Waals surface area contributed by atoms with Gasteiger partial charge >= 0.3 is 0 Å². The lowest BCUT2D eigenvalue weighted by Gasteiger charge is -2.16. The van der Waals surface area contributed by atoms with E-state index in [1.165, 1.54) is 4.68 Å². The van der Waals surface area contributed by atoms with Crippen LogP contribution in [0.3, 0.4) is 0 Å². The third-order valence-corrected chi connectivity index (χ3v) is 6.88. The van der Waals surface area contributed by atoms with Crippen molar-refractivity contribution in [3.63, 3.8) is 0 Å². The van der Waals surface area contributed by atoms with Gasteiger partial charge in [-0.3, -0.25) is 4.79 Å². The molecule has 2 aromatic carbocycles. The molecule has 6 nitrogen and oxygen atoms in total. The molecule has 1 atom stereocenters. The molecule has 0 saturated carbocycles. The van der Waals surface area contributed by atoms with Gasteiger partial charge in [-0.05, 0) is 60.5 Å². The number of rotatable bonds is 8. The van der Waals surface area contributed by atoms with E-state index >= 15 is 0 Å². The molecule has 1 heterocycles. The molecular formula is C23H24Br2ClN3O3. The van der Waals surface area contributed by atoms with Gasteiger partial charge in [0.25, 0.3) is 5.56 Å². The fourth-order valence-corrected chi connectivity index (χ4v) is 4.15. The number of hydrogen-bond acceptors (Lipinski definition) is 5. The molecule has 9 heteroatoms. The molecule has 0 unspecified atom stereocenters. The Bertz CT molecular complexity index is 1230. The fourth-order valence-electron chi connectivity index (χ4n) is 3.14. The summed E-state index contributed by atoms with van der Waals surface area (Å²) in [4.78, 5) is 18.0. The van der Waals surface area contributed by atoms with Gasteiger partial charge in [0.2, 0.25) is 0 Å². The number of fused-ring (bicyclic) bond motifs is 1. The topological polar surface area (TPSA) is 65.7 Å². The summed E-state index contributed by atoms with van der Waals surface area (Å²) < 4.78 is 14.1. The highest BCUT2D eigenvalue weighted by molar-refractivity contribution is 9.10. The third kappa shape index (κ3) is 5.02. The van der Waals surface area contributed by atoms with Gasteiger partial charge in [0.1, 0.15) is 10.8 Å². The van der Waals surface area contributed by atoms with E-state index in [-0.39, 0.29) is 11.5 Å². The second-order valence-electron chi connectivity index (χ2n) is 7.09. The maximum atomic E-state index is 13.3. The van der Waals surface area contributed by atoms with Crippen molar-refractivity contribution in [2.45, 2.75) is 40.0 Å². The van der Waals surface area contributed by atoms with Crippen molar-refractivity contribution < 1.29 is 9.47 Å². The van der Waals surface area contributed by atoms with Gasteiger partial charge in [0.05, 0.1) is 30.3 Å². The molecule has 32 heavy (non-hydrogen) atoms. The van der Waals surface area contributed by atoms with Crippen molar-refractivity contribution in [3.05, 3.63) is 60.0 Å². The van der Waals surface area contributed by atoms with Gasteiger partial charge in [-0.15, -0.1) is 0 Å². The Labute approximate surface area is 208 Å². The molecular weight excluding hydrogens is 562 g/mol. The molecule has 0 saturated heterocycles. The van der Waals surface area contributed by atoms with E-state index in [2.05, 4.69) is 37.0 Å². The Morgan fingerprint density at radius 2 is 1.91 bits per heavy atom. The second-order valence-corrected chi connectivity index (χ2v) is 9.18. The Morgan fingerprint density at radius 3 is 2.56 bits per heavy atom. The fraction of sp³-hybridized carbons (Fsp3) is 0.348. The van der Waals surface area contributed by atoms with Crippen LogP contribution in [-0.2, 0) is 0 Å². The van der Waals surface area contributed by atoms with E-state index in [4.69, 9.17) is 26.1 Å². The highest BCUT2D eigenvalue weighted by atomic mass is 79.9. The van der Waals surface area contributed by atoms with Crippen molar-refractivity contribution in [1.82, 2.24) is 9.66 Å². The smallest absolute Gasteiger partial charge is 0.282 e. The molecule has 0 N–H and O–H groups in total. The van der Waals surface area contributed by atoms with Crippen LogP contribution in [0.5, 0.6) is 11.5 Å². The van der Waals surface area contributed by atoms with Gasteiger partial charge in [-0.25, -0.2) is 4.98 Å². The molecule has 0 aliphatic heterocycles. The molecule has 0 bridgehead atoms. The van der Waals surface area contributed by atoms with Gasteiger partial charge in [-0.1, -0.05) is 41.4 Å². The average molecular weight is 586 g/mol. The lowest BCUT2D eigenvalue weighted by molar-refractivity contribution is 0.287. The van der Waals surface area contributed by atoms with Crippen molar-refractivity contribution in [3.8, 4) is 11.5 Å². The maximum absolute atomic E-state index is 13.3. The van der Waals surface area contributed by atoms with Crippen LogP contribution in [0, 0.1) is 0 Å². The number of hydrogen-bond donors (Lipinski definition) is 0. The number of benzene rings is 2. The normalized spacial score (nSPS) is 12.5. The standard InChI is InChI=1S/C23H24Br2ClN3O3/c1-5-13(4)22-28-17-9-8-15(24)11-16(17)23(30)29(22)27-12-14-10-18(31-6-2)21(32-7-3)20(26)19(14)25/h8-13H,5-7H2,1-4H3/t13-/m0/s1. The first-order chi connectivity index (χ1) is 15.3. The van der Waals surface area contributed by atoms with Crippen molar-refractivity contribution in [2.75, 3.05) is 13.2 Å². The predicted molar refractivity (Wildman–Crippen MR) is 137 cm³/mol. The summed E-state index contributed by atoms with van der Waals surface area (Å²) in [5.74, 6) is 1.62. The molecule has 0 aliphatic rings. The van der Waals surface area contributed by atoms with E-state index in [0.29, 0.717) is 56.5 Å². The summed E-state index contributed by atoms with van der Waals surface area (Å²) in [6.07, 6.45) is 2.39. The second kappa shape index (κ2) is 10.8. The van der Waals surface area contributed by atoms with Gasteiger partial charge in [-0.2, -0.15) is 9.78 Å². The number of aromatic nitrogens is 2. The summed E-state index contributed by atoms with van der Waals surface area (Å²) in [6.45, 7) is 8.74. The van der Waals surface area contributed by atoms with E-state index < -0.39 is 0 Å². The van der Waals surface area contributed by atoms with E-state index in [1.54, 1.807) is 18.3 Å². The van der Waals surface area contributed by atoms with Crippen molar-refractivity contribution >= 4 is 60.6 Å². The first-order valence-corrected chi connectivity index (χ1v) is 12.3. The zero-order valence-corrected chi connectivity index (χ0v) is 22.2.